The average molecular weight is 291 g/mol. The standard InChI is InChI=1S/C15H21N3O3/c1-10(19)17-6-4-11(5-7-17)12-2-3-14-16-13(15(20)21)9-18(14)8-12/h9,11-12H,2-8H2,1H3,(H,20,21). The molecule has 2 aliphatic rings. The molecule has 0 aliphatic carbocycles. The summed E-state index contributed by atoms with van der Waals surface area (Å²) in [7, 11) is 0. The van der Waals surface area contributed by atoms with Crippen molar-refractivity contribution in [3.63, 3.8) is 0 Å². The molecule has 1 unspecified atom stereocenters. The number of aryl methyl sites for hydroxylation is 1. The van der Waals surface area contributed by atoms with E-state index in [4.69, 9.17) is 5.11 Å². The summed E-state index contributed by atoms with van der Waals surface area (Å²) in [6, 6.07) is 0. The third kappa shape index (κ3) is 2.80. The van der Waals surface area contributed by atoms with Crippen molar-refractivity contribution in [2.45, 2.75) is 39.2 Å². The smallest absolute Gasteiger partial charge is 0.356 e. The summed E-state index contributed by atoms with van der Waals surface area (Å²) >= 11 is 0. The van der Waals surface area contributed by atoms with Gasteiger partial charge in [0, 0.05) is 39.2 Å². The number of rotatable bonds is 2. The first kappa shape index (κ1) is 14.1. The van der Waals surface area contributed by atoms with E-state index in [9.17, 15) is 9.59 Å². The van der Waals surface area contributed by atoms with Crippen molar-refractivity contribution in [2.24, 2.45) is 11.8 Å². The van der Waals surface area contributed by atoms with Gasteiger partial charge in [-0.05, 0) is 31.1 Å². The second kappa shape index (κ2) is 5.50. The summed E-state index contributed by atoms with van der Waals surface area (Å²) < 4.78 is 2.01. The van der Waals surface area contributed by atoms with Crippen molar-refractivity contribution in [1.82, 2.24) is 14.5 Å². The molecule has 0 bridgehead atoms. The quantitative estimate of drug-likeness (QED) is 0.893. The van der Waals surface area contributed by atoms with Crippen LogP contribution in [0.1, 0.15) is 42.5 Å². The van der Waals surface area contributed by atoms with E-state index in [0.29, 0.717) is 11.8 Å². The first-order valence-electron chi connectivity index (χ1n) is 7.59. The Bertz CT molecular complexity index is 559. The summed E-state index contributed by atoms with van der Waals surface area (Å²) in [6.45, 7) is 4.20. The molecular weight excluding hydrogens is 270 g/mol. The number of nitrogens with zero attached hydrogens (tertiary/aromatic N) is 3. The van der Waals surface area contributed by atoms with E-state index in [2.05, 4.69) is 4.98 Å². The number of carboxylic acid groups (broad SMARTS) is 1. The molecule has 1 aromatic rings. The zero-order valence-electron chi connectivity index (χ0n) is 12.3. The molecule has 0 aromatic carbocycles. The zero-order valence-corrected chi connectivity index (χ0v) is 12.3. The van der Waals surface area contributed by atoms with Crippen LogP contribution in [0.3, 0.4) is 0 Å². The zero-order chi connectivity index (χ0) is 15.0. The van der Waals surface area contributed by atoms with Gasteiger partial charge in [-0.1, -0.05) is 0 Å². The van der Waals surface area contributed by atoms with E-state index in [1.807, 2.05) is 9.47 Å². The molecule has 0 spiro atoms. The number of carboxylic acids is 1. The van der Waals surface area contributed by atoms with Gasteiger partial charge in [0.05, 0.1) is 0 Å². The summed E-state index contributed by atoms with van der Waals surface area (Å²) in [5, 5.41) is 9.02. The van der Waals surface area contributed by atoms with Crippen LogP contribution in [0.5, 0.6) is 0 Å². The second-order valence-corrected chi connectivity index (χ2v) is 6.14. The maximum absolute atomic E-state index is 11.4. The highest BCUT2D eigenvalue weighted by Crippen LogP contribution is 2.32. The van der Waals surface area contributed by atoms with E-state index < -0.39 is 5.97 Å². The lowest BCUT2D eigenvalue weighted by molar-refractivity contribution is -0.130. The molecule has 2 aliphatic heterocycles. The number of aromatic nitrogens is 2. The molecule has 6 nitrogen and oxygen atoms in total. The fourth-order valence-electron chi connectivity index (χ4n) is 3.64. The van der Waals surface area contributed by atoms with Crippen molar-refractivity contribution < 1.29 is 14.7 Å². The Morgan fingerprint density at radius 3 is 2.57 bits per heavy atom. The Morgan fingerprint density at radius 2 is 1.95 bits per heavy atom. The van der Waals surface area contributed by atoms with Crippen molar-refractivity contribution >= 4 is 11.9 Å². The van der Waals surface area contributed by atoms with E-state index >= 15 is 0 Å². The Balaban J connectivity index is 1.64. The number of hydrogen-bond acceptors (Lipinski definition) is 3. The number of carbonyl (C=O) groups excluding carboxylic acids is 1. The molecule has 1 saturated heterocycles. The average Bonchev–Trinajstić information content (AvgIpc) is 2.90. The van der Waals surface area contributed by atoms with E-state index in [1.54, 1.807) is 13.1 Å². The number of imidazole rings is 1. The van der Waals surface area contributed by atoms with Gasteiger partial charge in [-0.2, -0.15) is 0 Å². The lowest BCUT2D eigenvalue weighted by Gasteiger charge is -2.37. The minimum atomic E-state index is -0.955. The SMILES string of the molecule is CC(=O)N1CCC(C2CCc3nc(C(=O)O)cn3C2)CC1. The van der Waals surface area contributed by atoms with Crippen molar-refractivity contribution in [3.8, 4) is 0 Å². The fraction of sp³-hybridized carbons (Fsp3) is 0.667. The molecule has 3 rings (SSSR count). The van der Waals surface area contributed by atoms with Crippen LogP contribution in [-0.2, 0) is 17.8 Å². The molecule has 21 heavy (non-hydrogen) atoms. The van der Waals surface area contributed by atoms with Crippen LogP contribution in [-0.4, -0.2) is 44.5 Å². The second-order valence-electron chi connectivity index (χ2n) is 6.14. The Hall–Kier alpha value is -1.85. The predicted octanol–water partition coefficient (Wildman–Crippen LogP) is 1.40. The minimum Gasteiger partial charge on any atom is -0.476 e. The predicted molar refractivity (Wildman–Crippen MR) is 76.0 cm³/mol. The number of fused-ring (bicyclic) bond motifs is 1. The number of hydrogen-bond donors (Lipinski definition) is 1. The topological polar surface area (TPSA) is 75.4 Å². The number of carbonyl (C=O) groups is 2. The normalized spacial score (nSPS) is 22.9. The number of amides is 1. The number of piperidine rings is 1. The van der Waals surface area contributed by atoms with Gasteiger partial charge in [0.2, 0.25) is 5.91 Å². The van der Waals surface area contributed by atoms with Gasteiger partial charge in [0.25, 0.3) is 0 Å². The van der Waals surface area contributed by atoms with E-state index in [0.717, 1.165) is 51.1 Å². The van der Waals surface area contributed by atoms with Gasteiger partial charge in [-0.25, -0.2) is 9.78 Å². The van der Waals surface area contributed by atoms with E-state index in [1.165, 1.54) is 0 Å². The highest BCUT2D eigenvalue weighted by atomic mass is 16.4. The van der Waals surface area contributed by atoms with Crippen LogP contribution >= 0.6 is 0 Å². The lowest BCUT2D eigenvalue weighted by atomic mass is 9.80. The first-order valence-corrected chi connectivity index (χ1v) is 7.59. The molecule has 0 radical (unpaired) electrons. The van der Waals surface area contributed by atoms with Crippen molar-refractivity contribution in [1.29, 1.82) is 0 Å². The largest absolute Gasteiger partial charge is 0.476 e. The molecule has 1 fully saturated rings. The van der Waals surface area contributed by atoms with Gasteiger partial charge in [0.1, 0.15) is 5.82 Å². The monoisotopic (exact) mass is 291 g/mol. The molecule has 6 heteroatoms. The van der Waals surface area contributed by atoms with Gasteiger partial charge in [-0.15, -0.1) is 0 Å². The van der Waals surface area contributed by atoms with Crippen LogP contribution in [0, 0.1) is 11.8 Å². The third-order valence-corrected chi connectivity index (χ3v) is 4.90. The lowest BCUT2D eigenvalue weighted by Crippen LogP contribution is -2.40. The van der Waals surface area contributed by atoms with Crippen molar-refractivity contribution in [3.05, 3.63) is 17.7 Å². The van der Waals surface area contributed by atoms with Crippen molar-refractivity contribution in [2.75, 3.05) is 13.1 Å². The van der Waals surface area contributed by atoms with Crippen LogP contribution in [0.2, 0.25) is 0 Å². The van der Waals surface area contributed by atoms with Crippen LogP contribution in [0.25, 0.3) is 0 Å². The van der Waals surface area contributed by atoms with Crippen LogP contribution in [0.15, 0.2) is 6.20 Å². The molecule has 1 amide bonds. The highest BCUT2D eigenvalue weighted by molar-refractivity contribution is 5.85. The fourth-order valence-corrected chi connectivity index (χ4v) is 3.64. The van der Waals surface area contributed by atoms with Crippen LogP contribution < -0.4 is 0 Å². The Kier molecular flexibility index (Phi) is 3.69. The van der Waals surface area contributed by atoms with Gasteiger partial charge in [-0.3, -0.25) is 4.79 Å². The van der Waals surface area contributed by atoms with Crippen LogP contribution in [0.4, 0.5) is 0 Å². The summed E-state index contributed by atoms with van der Waals surface area (Å²) in [5.74, 6) is 1.31. The number of likely N-dealkylation sites (tertiary alicyclic amines) is 1. The summed E-state index contributed by atoms with van der Waals surface area (Å²) in [4.78, 5) is 28.5. The minimum absolute atomic E-state index is 0.150. The van der Waals surface area contributed by atoms with E-state index in [-0.39, 0.29) is 11.6 Å². The summed E-state index contributed by atoms with van der Waals surface area (Å²) in [5.41, 5.74) is 0.150. The maximum atomic E-state index is 11.4. The molecule has 114 valence electrons. The highest BCUT2D eigenvalue weighted by Gasteiger charge is 2.31. The third-order valence-electron chi connectivity index (χ3n) is 4.90. The maximum Gasteiger partial charge on any atom is 0.356 e. The molecule has 1 aromatic heterocycles. The molecule has 0 saturated carbocycles. The molecule has 1 atom stereocenters. The Labute approximate surface area is 123 Å². The Morgan fingerprint density at radius 1 is 1.24 bits per heavy atom. The summed E-state index contributed by atoms with van der Waals surface area (Å²) in [6.07, 6.45) is 5.69. The van der Waals surface area contributed by atoms with Gasteiger partial charge >= 0.3 is 5.97 Å². The molecule has 3 heterocycles. The first-order chi connectivity index (χ1) is 10.0. The molecular formula is C15H21N3O3. The van der Waals surface area contributed by atoms with Gasteiger partial charge in [0.15, 0.2) is 5.69 Å². The van der Waals surface area contributed by atoms with Gasteiger partial charge < -0.3 is 14.6 Å². The molecule has 1 N–H and O–H groups in total. The number of aromatic carboxylic acids is 1.